The van der Waals surface area contributed by atoms with Crippen molar-refractivity contribution < 1.29 is 9.84 Å². The van der Waals surface area contributed by atoms with Crippen molar-refractivity contribution in [1.29, 1.82) is 0 Å². The van der Waals surface area contributed by atoms with Crippen LogP contribution in [0.25, 0.3) is 0 Å². The summed E-state index contributed by atoms with van der Waals surface area (Å²) in [5, 5.41) is 8.90. The van der Waals surface area contributed by atoms with Crippen molar-refractivity contribution in [2.45, 2.75) is 51.0 Å². The Bertz CT molecular complexity index is 329. The molecule has 0 spiro atoms. The molecule has 0 unspecified atom stereocenters. The van der Waals surface area contributed by atoms with Crippen LogP contribution in [0.1, 0.15) is 44.1 Å². The first-order valence-corrected chi connectivity index (χ1v) is 6.75. The van der Waals surface area contributed by atoms with Crippen molar-refractivity contribution in [2.75, 3.05) is 6.61 Å². The highest BCUT2D eigenvalue weighted by molar-refractivity contribution is 5.33. The Morgan fingerprint density at radius 2 is 1.88 bits per heavy atom. The summed E-state index contributed by atoms with van der Waals surface area (Å²) in [4.78, 5) is 0. The van der Waals surface area contributed by atoms with Crippen LogP contribution in [-0.2, 0) is 6.42 Å². The molecule has 2 nitrogen and oxygen atoms in total. The van der Waals surface area contributed by atoms with Gasteiger partial charge in [-0.3, -0.25) is 0 Å². The second kappa shape index (κ2) is 6.65. The first-order chi connectivity index (χ1) is 8.40. The summed E-state index contributed by atoms with van der Waals surface area (Å²) < 4.78 is 6.10. The second-order valence-electron chi connectivity index (χ2n) is 4.81. The smallest absolute Gasteiger partial charge is 0.122 e. The van der Waals surface area contributed by atoms with Crippen molar-refractivity contribution in [3.63, 3.8) is 0 Å². The highest BCUT2D eigenvalue weighted by atomic mass is 16.5. The van der Waals surface area contributed by atoms with E-state index in [1.807, 2.05) is 12.1 Å². The van der Waals surface area contributed by atoms with Crippen molar-refractivity contribution in [3.05, 3.63) is 29.8 Å². The lowest BCUT2D eigenvalue weighted by atomic mass is 9.97. The molecule has 0 aromatic heterocycles. The molecule has 1 aliphatic rings. The molecule has 1 N–H and O–H groups in total. The molecule has 17 heavy (non-hydrogen) atoms. The summed E-state index contributed by atoms with van der Waals surface area (Å²) in [5.74, 6) is 1.02. The third-order valence-electron chi connectivity index (χ3n) is 3.42. The molecule has 0 bridgehead atoms. The van der Waals surface area contributed by atoms with E-state index in [4.69, 9.17) is 9.84 Å². The lowest BCUT2D eigenvalue weighted by Crippen LogP contribution is -2.20. The Kier molecular flexibility index (Phi) is 4.87. The van der Waals surface area contributed by atoms with E-state index >= 15 is 0 Å². The number of aryl methyl sites for hydroxylation is 1. The Morgan fingerprint density at radius 1 is 1.12 bits per heavy atom. The van der Waals surface area contributed by atoms with Crippen LogP contribution in [0.15, 0.2) is 24.3 Å². The first kappa shape index (κ1) is 12.4. The summed E-state index contributed by atoms with van der Waals surface area (Å²) in [6.07, 6.45) is 8.44. The minimum atomic E-state index is 0.248. The van der Waals surface area contributed by atoms with E-state index in [0.29, 0.717) is 6.10 Å². The Labute approximate surface area is 104 Å². The standard InChI is InChI=1S/C15H22O2/c16-12-6-8-13-7-4-5-11-15(13)17-14-9-2-1-3-10-14/h4-5,7,11,14,16H,1-3,6,8-10,12H2. The zero-order valence-corrected chi connectivity index (χ0v) is 10.4. The van der Waals surface area contributed by atoms with Gasteiger partial charge in [-0.2, -0.15) is 0 Å². The van der Waals surface area contributed by atoms with Crippen molar-refractivity contribution in [1.82, 2.24) is 0 Å². The van der Waals surface area contributed by atoms with E-state index in [1.54, 1.807) is 0 Å². The lowest BCUT2D eigenvalue weighted by Gasteiger charge is -2.24. The van der Waals surface area contributed by atoms with Gasteiger partial charge in [0.15, 0.2) is 0 Å². The molecule has 0 amide bonds. The van der Waals surface area contributed by atoms with Crippen LogP contribution >= 0.6 is 0 Å². The molecule has 1 aromatic rings. The quantitative estimate of drug-likeness (QED) is 0.846. The minimum Gasteiger partial charge on any atom is -0.490 e. The van der Waals surface area contributed by atoms with Gasteiger partial charge in [-0.1, -0.05) is 24.6 Å². The highest BCUT2D eigenvalue weighted by Gasteiger charge is 2.15. The van der Waals surface area contributed by atoms with Gasteiger partial charge in [0.05, 0.1) is 6.10 Å². The van der Waals surface area contributed by atoms with Crippen LogP contribution in [0, 0.1) is 0 Å². The summed E-state index contributed by atoms with van der Waals surface area (Å²) >= 11 is 0. The van der Waals surface area contributed by atoms with E-state index in [9.17, 15) is 0 Å². The molecule has 0 aliphatic heterocycles. The number of rotatable bonds is 5. The lowest BCUT2D eigenvalue weighted by molar-refractivity contribution is 0.153. The van der Waals surface area contributed by atoms with Crippen LogP contribution in [0.5, 0.6) is 5.75 Å². The Hall–Kier alpha value is -1.02. The zero-order valence-electron chi connectivity index (χ0n) is 10.4. The number of para-hydroxylation sites is 1. The fourth-order valence-corrected chi connectivity index (χ4v) is 2.46. The number of hydrogen-bond donors (Lipinski definition) is 1. The van der Waals surface area contributed by atoms with Crippen molar-refractivity contribution >= 4 is 0 Å². The third kappa shape index (κ3) is 3.74. The molecular weight excluding hydrogens is 212 g/mol. The predicted octanol–water partition coefficient (Wildman–Crippen LogP) is 3.32. The molecule has 0 saturated heterocycles. The molecule has 0 radical (unpaired) electrons. The Morgan fingerprint density at radius 3 is 2.65 bits per heavy atom. The predicted molar refractivity (Wildman–Crippen MR) is 69.3 cm³/mol. The normalized spacial score (nSPS) is 17.0. The highest BCUT2D eigenvalue weighted by Crippen LogP contribution is 2.26. The molecule has 94 valence electrons. The van der Waals surface area contributed by atoms with Gasteiger partial charge < -0.3 is 9.84 Å². The third-order valence-corrected chi connectivity index (χ3v) is 3.42. The van der Waals surface area contributed by atoms with Gasteiger partial charge in [-0.15, -0.1) is 0 Å². The number of hydrogen-bond acceptors (Lipinski definition) is 2. The van der Waals surface area contributed by atoms with Gasteiger partial charge in [0.25, 0.3) is 0 Å². The van der Waals surface area contributed by atoms with Crippen LogP contribution in [-0.4, -0.2) is 17.8 Å². The summed E-state index contributed by atoms with van der Waals surface area (Å²) in [5.41, 5.74) is 1.23. The van der Waals surface area contributed by atoms with Crippen LogP contribution < -0.4 is 4.74 Å². The molecule has 0 atom stereocenters. The monoisotopic (exact) mass is 234 g/mol. The summed E-state index contributed by atoms with van der Waals surface area (Å²) in [6, 6.07) is 8.23. The van der Waals surface area contributed by atoms with E-state index < -0.39 is 0 Å². The van der Waals surface area contributed by atoms with E-state index in [0.717, 1.165) is 18.6 Å². The largest absolute Gasteiger partial charge is 0.490 e. The maximum absolute atomic E-state index is 8.90. The van der Waals surface area contributed by atoms with Crippen LogP contribution in [0.2, 0.25) is 0 Å². The van der Waals surface area contributed by atoms with Gasteiger partial charge >= 0.3 is 0 Å². The second-order valence-corrected chi connectivity index (χ2v) is 4.81. The number of aliphatic hydroxyl groups is 1. The molecule has 1 fully saturated rings. The van der Waals surface area contributed by atoms with Gasteiger partial charge in [0.2, 0.25) is 0 Å². The van der Waals surface area contributed by atoms with Crippen LogP contribution in [0.3, 0.4) is 0 Å². The topological polar surface area (TPSA) is 29.5 Å². The molecule has 2 rings (SSSR count). The van der Waals surface area contributed by atoms with Gasteiger partial charge in [-0.25, -0.2) is 0 Å². The molecule has 1 aliphatic carbocycles. The van der Waals surface area contributed by atoms with E-state index in [2.05, 4.69) is 12.1 Å². The van der Waals surface area contributed by atoms with E-state index in [1.165, 1.54) is 37.7 Å². The molecule has 0 heterocycles. The van der Waals surface area contributed by atoms with Crippen LogP contribution in [0.4, 0.5) is 0 Å². The minimum absolute atomic E-state index is 0.248. The molecule has 1 aromatic carbocycles. The number of benzene rings is 1. The van der Waals surface area contributed by atoms with Crippen molar-refractivity contribution in [3.8, 4) is 5.75 Å². The van der Waals surface area contributed by atoms with Crippen molar-refractivity contribution in [2.24, 2.45) is 0 Å². The maximum atomic E-state index is 8.90. The molecular formula is C15H22O2. The fraction of sp³-hybridized carbons (Fsp3) is 0.600. The SMILES string of the molecule is OCCCc1ccccc1OC1CCCCC1. The number of ether oxygens (including phenoxy) is 1. The summed E-state index contributed by atoms with van der Waals surface area (Å²) in [7, 11) is 0. The summed E-state index contributed by atoms with van der Waals surface area (Å²) in [6.45, 7) is 0.248. The average molecular weight is 234 g/mol. The van der Waals surface area contributed by atoms with Gasteiger partial charge in [0.1, 0.15) is 5.75 Å². The fourth-order valence-electron chi connectivity index (χ4n) is 2.46. The maximum Gasteiger partial charge on any atom is 0.122 e. The van der Waals surface area contributed by atoms with Gasteiger partial charge in [-0.05, 0) is 50.2 Å². The molecule has 1 saturated carbocycles. The molecule has 2 heteroatoms. The van der Waals surface area contributed by atoms with Gasteiger partial charge in [0, 0.05) is 6.61 Å². The zero-order chi connectivity index (χ0) is 11.9. The average Bonchev–Trinajstić information content (AvgIpc) is 2.39. The van der Waals surface area contributed by atoms with E-state index in [-0.39, 0.29) is 6.61 Å². The first-order valence-electron chi connectivity index (χ1n) is 6.75. The number of aliphatic hydroxyl groups excluding tert-OH is 1. The Balaban J connectivity index is 1.98.